The second-order valence-electron chi connectivity index (χ2n) is 7.27. The first-order chi connectivity index (χ1) is 14.7. The number of primary amides is 1. The number of nitriles is 1. The van der Waals surface area contributed by atoms with Crippen molar-refractivity contribution in [3.8, 4) is 6.07 Å². The highest BCUT2D eigenvalue weighted by atomic mass is 19.1. The van der Waals surface area contributed by atoms with Crippen LogP contribution in [0.1, 0.15) is 46.9 Å². The van der Waals surface area contributed by atoms with Gasteiger partial charge in [-0.1, -0.05) is 18.2 Å². The van der Waals surface area contributed by atoms with E-state index in [0.29, 0.717) is 28.1 Å². The zero-order valence-corrected chi connectivity index (χ0v) is 17.3. The largest absolute Gasteiger partial charge is 0.366 e. The van der Waals surface area contributed by atoms with Crippen molar-refractivity contribution in [2.45, 2.75) is 26.6 Å². The zero-order chi connectivity index (χ0) is 22.9. The number of likely N-dealkylation sites (N-methyl/N-ethyl adjacent to an activating group) is 1. The number of anilines is 1. The van der Waals surface area contributed by atoms with E-state index in [0.717, 1.165) is 0 Å². The van der Waals surface area contributed by atoms with Gasteiger partial charge in [0.05, 0.1) is 23.4 Å². The fourth-order valence-corrected chi connectivity index (χ4v) is 3.90. The molecule has 1 atom stereocenters. The Morgan fingerprint density at radius 2 is 1.94 bits per heavy atom. The Kier molecular flexibility index (Phi) is 5.88. The fourth-order valence-electron chi connectivity index (χ4n) is 3.90. The predicted octanol–water partition coefficient (Wildman–Crippen LogP) is 3.60. The van der Waals surface area contributed by atoms with E-state index in [1.165, 1.54) is 42.0 Å². The summed E-state index contributed by atoms with van der Waals surface area (Å²) in [5.41, 5.74) is 7.66. The van der Waals surface area contributed by atoms with E-state index < -0.39 is 24.7 Å². The number of amides is 3. The number of benzene rings is 2. The number of nitrogens with two attached hydrogens (primary N) is 1. The molecule has 0 aliphatic carbocycles. The van der Waals surface area contributed by atoms with Crippen LogP contribution >= 0.6 is 0 Å². The van der Waals surface area contributed by atoms with Gasteiger partial charge < -0.3 is 10.6 Å². The molecular formula is C23H21FN4O3. The molecule has 3 amide bonds. The first-order valence-electron chi connectivity index (χ1n) is 9.48. The number of allylic oxidation sites excluding steroid dienone is 1. The van der Waals surface area contributed by atoms with Gasteiger partial charge in [0.2, 0.25) is 5.91 Å². The lowest BCUT2D eigenvalue weighted by Crippen LogP contribution is -2.49. The van der Waals surface area contributed by atoms with Gasteiger partial charge in [0, 0.05) is 23.9 Å². The molecule has 3 rings (SSSR count). The maximum Gasteiger partial charge on any atom is 0.329 e. The molecule has 158 valence electrons. The molecule has 1 unspecified atom stereocenters. The lowest BCUT2D eigenvalue weighted by atomic mass is 9.87. The first kappa shape index (κ1) is 21.7. The minimum atomic E-state index is -0.874. The van der Waals surface area contributed by atoms with E-state index in [2.05, 4.69) is 0 Å². The highest BCUT2D eigenvalue weighted by molar-refractivity contribution is 6.05. The molecule has 0 saturated heterocycles. The molecule has 7 nitrogen and oxygen atoms in total. The van der Waals surface area contributed by atoms with Gasteiger partial charge >= 0.3 is 6.03 Å². The second-order valence-corrected chi connectivity index (χ2v) is 7.27. The summed E-state index contributed by atoms with van der Waals surface area (Å²) in [6.07, 6.45) is 0. The second kappa shape index (κ2) is 8.40. The van der Waals surface area contributed by atoms with Crippen LogP contribution in [0.5, 0.6) is 0 Å². The van der Waals surface area contributed by atoms with Gasteiger partial charge in [0.25, 0.3) is 0 Å². The SMILES string of the molecule is CC(=O)C1=C(C)N(c2cccc(CF)c2)C(=O)N(C)C1c1ccc(C#N)cc1C(N)=O. The third-order valence-electron chi connectivity index (χ3n) is 5.32. The Balaban J connectivity index is 2.26. The molecule has 31 heavy (non-hydrogen) atoms. The van der Waals surface area contributed by atoms with Crippen LogP contribution in [0.2, 0.25) is 0 Å². The number of halogens is 1. The topological polar surface area (TPSA) is 108 Å². The van der Waals surface area contributed by atoms with E-state index in [-0.39, 0.29) is 16.9 Å². The third-order valence-corrected chi connectivity index (χ3v) is 5.32. The van der Waals surface area contributed by atoms with Gasteiger partial charge in [-0.05, 0) is 49.2 Å². The number of alkyl halides is 1. The molecule has 0 bridgehead atoms. The normalized spacial score (nSPS) is 16.4. The van der Waals surface area contributed by atoms with Gasteiger partial charge in [-0.2, -0.15) is 5.26 Å². The molecule has 0 aromatic heterocycles. The van der Waals surface area contributed by atoms with Crippen molar-refractivity contribution in [2.24, 2.45) is 5.73 Å². The van der Waals surface area contributed by atoms with E-state index in [9.17, 15) is 18.8 Å². The third kappa shape index (κ3) is 3.78. The molecule has 0 fully saturated rings. The molecule has 8 heteroatoms. The van der Waals surface area contributed by atoms with Crippen LogP contribution in [0, 0.1) is 11.3 Å². The number of hydrogen-bond donors (Lipinski definition) is 1. The molecule has 2 aromatic rings. The van der Waals surface area contributed by atoms with Gasteiger partial charge in [0.15, 0.2) is 5.78 Å². The van der Waals surface area contributed by atoms with E-state index >= 15 is 0 Å². The summed E-state index contributed by atoms with van der Waals surface area (Å²) in [7, 11) is 1.51. The average Bonchev–Trinajstić information content (AvgIpc) is 2.75. The number of urea groups is 1. The summed E-state index contributed by atoms with van der Waals surface area (Å²) in [4.78, 5) is 40.8. The minimum Gasteiger partial charge on any atom is -0.366 e. The Bertz CT molecular complexity index is 1170. The minimum absolute atomic E-state index is 0.0585. The van der Waals surface area contributed by atoms with Crippen LogP contribution in [0.3, 0.4) is 0 Å². The maximum absolute atomic E-state index is 13.3. The summed E-state index contributed by atoms with van der Waals surface area (Å²) in [5, 5.41) is 9.16. The summed E-state index contributed by atoms with van der Waals surface area (Å²) >= 11 is 0. The van der Waals surface area contributed by atoms with Crippen molar-refractivity contribution in [1.29, 1.82) is 5.26 Å². The Morgan fingerprint density at radius 1 is 1.23 bits per heavy atom. The van der Waals surface area contributed by atoms with Crippen LogP contribution in [0.15, 0.2) is 53.7 Å². The molecule has 2 aromatic carbocycles. The Hall–Kier alpha value is -3.99. The number of nitrogens with zero attached hydrogens (tertiary/aromatic N) is 3. The van der Waals surface area contributed by atoms with E-state index in [4.69, 9.17) is 11.0 Å². The summed E-state index contributed by atoms with van der Waals surface area (Å²) < 4.78 is 13.2. The Labute approximate surface area is 179 Å². The van der Waals surface area contributed by atoms with Crippen LogP contribution in [-0.4, -0.2) is 29.7 Å². The van der Waals surface area contributed by atoms with Crippen molar-refractivity contribution >= 4 is 23.4 Å². The smallest absolute Gasteiger partial charge is 0.329 e. The van der Waals surface area contributed by atoms with Crippen LogP contribution in [0.25, 0.3) is 0 Å². The summed E-state index contributed by atoms with van der Waals surface area (Å²) in [5.74, 6) is -1.07. The molecular weight excluding hydrogens is 399 g/mol. The maximum atomic E-state index is 13.3. The van der Waals surface area contributed by atoms with Gasteiger partial charge in [-0.25, -0.2) is 9.18 Å². The quantitative estimate of drug-likeness (QED) is 0.797. The van der Waals surface area contributed by atoms with Crippen molar-refractivity contribution in [1.82, 2.24) is 4.90 Å². The number of Topliss-reactive ketones (excluding diaryl/α,β-unsaturated/α-hetero) is 1. The number of hydrogen-bond acceptors (Lipinski definition) is 4. The summed E-state index contributed by atoms with van der Waals surface area (Å²) in [6, 6.07) is 11.4. The molecule has 0 spiro atoms. The fraction of sp³-hybridized carbons (Fsp3) is 0.217. The average molecular weight is 420 g/mol. The highest BCUT2D eigenvalue weighted by Gasteiger charge is 2.40. The van der Waals surface area contributed by atoms with Gasteiger partial charge in [-0.3, -0.25) is 14.5 Å². The number of carbonyl (C=O) groups is 3. The standard InChI is InChI=1S/C23H21FN4O3/c1-13-20(14(2)29)21(18-8-7-16(12-25)10-19(18)22(26)30)27(3)23(31)28(13)17-6-4-5-15(9-17)11-24/h4-10,21H,11H2,1-3H3,(H2,26,30). The molecule has 1 aliphatic heterocycles. The Morgan fingerprint density at radius 3 is 2.52 bits per heavy atom. The lowest BCUT2D eigenvalue weighted by molar-refractivity contribution is -0.114. The van der Waals surface area contributed by atoms with Crippen LogP contribution < -0.4 is 10.6 Å². The highest BCUT2D eigenvalue weighted by Crippen LogP contribution is 2.40. The van der Waals surface area contributed by atoms with Crippen LogP contribution in [-0.2, 0) is 11.5 Å². The molecule has 1 aliphatic rings. The summed E-state index contributed by atoms with van der Waals surface area (Å²) in [6.45, 7) is 2.31. The van der Waals surface area contributed by atoms with Crippen molar-refractivity contribution in [3.05, 3.63) is 76.0 Å². The molecule has 0 saturated carbocycles. The van der Waals surface area contributed by atoms with Gasteiger partial charge in [0.1, 0.15) is 6.67 Å². The molecule has 0 radical (unpaired) electrons. The van der Waals surface area contributed by atoms with E-state index in [1.807, 2.05) is 6.07 Å². The van der Waals surface area contributed by atoms with Crippen molar-refractivity contribution < 1.29 is 18.8 Å². The van der Waals surface area contributed by atoms with Crippen LogP contribution in [0.4, 0.5) is 14.9 Å². The molecule has 2 N–H and O–H groups in total. The van der Waals surface area contributed by atoms with Gasteiger partial charge in [-0.15, -0.1) is 0 Å². The lowest BCUT2D eigenvalue weighted by Gasteiger charge is -2.41. The zero-order valence-electron chi connectivity index (χ0n) is 17.3. The monoisotopic (exact) mass is 420 g/mol. The first-order valence-corrected chi connectivity index (χ1v) is 9.48. The molecule has 1 heterocycles. The predicted molar refractivity (Wildman–Crippen MR) is 113 cm³/mol. The van der Waals surface area contributed by atoms with Crippen molar-refractivity contribution in [3.63, 3.8) is 0 Å². The number of ketones is 1. The van der Waals surface area contributed by atoms with E-state index in [1.54, 1.807) is 31.2 Å². The number of carbonyl (C=O) groups excluding carboxylic acids is 3. The number of rotatable bonds is 5. The van der Waals surface area contributed by atoms with Crippen molar-refractivity contribution in [2.75, 3.05) is 11.9 Å².